The normalized spacial score (nSPS) is 15.7. The van der Waals surface area contributed by atoms with Gasteiger partial charge in [-0.25, -0.2) is 4.99 Å². The van der Waals surface area contributed by atoms with Crippen molar-refractivity contribution in [1.82, 2.24) is 10.9 Å². The van der Waals surface area contributed by atoms with E-state index in [2.05, 4.69) is 20.8 Å². The molecule has 0 saturated carbocycles. The van der Waals surface area contributed by atoms with E-state index in [1.807, 2.05) is 18.2 Å². The van der Waals surface area contributed by atoms with Crippen LogP contribution < -0.4 is 10.9 Å². The van der Waals surface area contributed by atoms with E-state index in [0.717, 1.165) is 0 Å². The summed E-state index contributed by atoms with van der Waals surface area (Å²) in [5.74, 6) is -0.862. The number of carbonyl (C=O) groups is 1. The fourth-order valence-corrected chi connectivity index (χ4v) is 2.69. The maximum Gasteiger partial charge on any atom is 0.235 e. The summed E-state index contributed by atoms with van der Waals surface area (Å²) < 4.78 is 21.3. The number of amidine groups is 1. The number of rotatable bonds is 1. The van der Waals surface area contributed by atoms with Crippen molar-refractivity contribution in [1.29, 1.82) is 0 Å². The van der Waals surface area contributed by atoms with Gasteiger partial charge >= 0.3 is 0 Å². The molecule has 0 atom stereocenters. The number of benzene rings is 2. The van der Waals surface area contributed by atoms with Crippen molar-refractivity contribution < 1.29 is 8.91 Å². The van der Waals surface area contributed by atoms with Crippen molar-refractivity contribution in [2.45, 2.75) is 6.85 Å². The van der Waals surface area contributed by atoms with Gasteiger partial charge in [-0.3, -0.25) is 20.6 Å². The third-order valence-electron chi connectivity index (χ3n) is 3.31. The van der Waals surface area contributed by atoms with Gasteiger partial charge in [-0.1, -0.05) is 41.4 Å². The lowest BCUT2D eigenvalue weighted by Crippen LogP contribution is -2.41. The summed E-state index contributed by atoms with van der Waals surface area (Å²) >= 11 is 12.5. The zero-order valence-electron chi connectivity index (χ0n) is 15.3. The van der Waals surface area contributed by atoms with E-state index in [-0.39, 0.29) is 12.4 Å². The van der Waals surface area contributed by atoms with Crippen LogP contribution in [0.2, 0.25) is 10.0 Å². The van der Waals surface area contributed by atoms with Gasteiger partial charge in [0, 0.05) is 32.1 Å². The minimum absolute atomic E-state index is 0.0775. The van der Waals surface area contributed by atoms with Crippen LogP contribution in [0.1, 0.15) is 22.1 Å². The fraction of sp³-hybridized carbons (Fsp3) is 0.118. The Bertz CT molecular complexity index is 957. The number of hydrogen-bond acceptors (Lipinski definition) is 4. The first-order chi connectivity index (χ1) is 12.8. The summed E-state index contributed by atoms with van der Waals surface area (Å²) in [6, 6.07) is 12.4. The van der Waals surface area contributed by atoms with E-state index in [1.54, 1.807) is 24.3 Å². The van der Waals surface area contributed by atoms with Crippen molar-refractivity contribution in [2.75, 3.05) is 6.54 Å². The smallest absolute Gasteiger partial charge is 0.235 e. The van der Waals surface area contributed by atoms with Crippen LogP contribution >= 0.6 is 23.2 Å². The van der Waals surface area contributed by atoms with E-state index in [0.29, 0.717) is 32.6 Å². The molecule has 1 aliphatic rings. The maximum atomic E-state index is 11.6. The molecule has 0 bridgehead atoms. The summed E-state index contributed by atoms with van der Waals surface area (Å²) in [5.41, 5.74) is 7.20. The number of carbonyl (C=O) groups excluding carboxylic acids is 1. The number of hydrazine groups is 1. The summed E-state index contributed by atoms with van der Waals surface area (Å²) in [5, 5.41) is 1.03. The molecule has 0 spiro atoms. The second-order valence-corrected chi connectivity index (χ2v) is 5.79. The minimum atomic E-state index is -2.77. The second-order valence-electron chi connectivity index (χ2n) is 4.94. The predicted octanol–water partition coefficient (Wildman–Crippen LogP) is 3.52. The number of aliphatic imine (C=N–C) groups is 2. The Balaban J connectivity index is 1.98. The Morgan fingerprint density at radius 1 is 1.21 bits per heavy atom. The van der Waals surface area contributed by atoms with Gasteiger partial charge in [-0.2, -0.15) is 0 Å². The minimum Gasteiger partial charge on any atom is -0.284 e. The molecule has 7 heteroatoms. The number of nitrogens with one attached hydrogen (secondary N) is 2. The van der Waals surface area contributed by atoms with Gasteiger partial charge in [0.1, 0.15) is 5.84 Å². The van der Waals surface area contributed by atoms with Gasteiger partial charge in [0.2, 0.25) is 5.91 Å². The van der Waals surface area contributed by atoms with Crippen molar-refractivity contribution in [3.05, 3.63) is 63.6 Å². The van der Waals surface area contributed by atoms with E-state index in [4.69, 9.17) is 27.3 Å². The highest BCUT2D eigenvalue weighted by Crippen LogP contribution is 2.30. The topological polar surface area (TPSA) is 65.8 Å². The molecule has 2 aromatic carbocycles. The standard InChI is InChI=1S/C17H14Cl2N4O/c1-10(24)22-23-16-9-20-17(12-4-2-3-5-14(12)19)13-8-11(18)6-7-15(13)21-16/h2-8H,9H2,1H3,(H,21,23)(H,22,24)/i1D3. The summed E-state index contributed by atoms with van der Waals surface area (Å²) in [4.78, 5) is 20.5. The third-order valence-corrected chi connectivity index (χ3v) is 3.87. The van der Waals surface area contributed by atoms with Crippen molar-refractivity contribution in [2.24, 2.45) is 9.98 Å². The highest BCUT2D eigenvalue weighted by Gasteiger charge is 2.18. The monoisotopic (exact) mass is 363 g/mol. The quantitative estimate of drug-likeness (QED) is 0.761. The first kappa shape index (κ1) is 13.0. The summed E-state index contributed by atoms with van der Waals surface area (Å²) in [6.07, 6.45) is 0. The molecule has 5 nitrogen and oxygen atoms in total. The number of amides is 1. The SMILES string of the molecule is [2H]C([2H])([2H])C(=O)NNC1=Nc2ccc(Cl)cc2C(c2ccccc2Cl)=NC1. The van der Waals surface area contributed by atoms with Gasteiger partial charge in [0.15, 0.2) is 0 Å². The van der Waals surface area contributed by atoms with E-state index < -0.39 is 12.8 Å². The van der Waals surface area contributed by atoms with Gasteiger partial charge in [-0.05, 0) is 24.3 Å². The molecule has 0 aromatic heterocycles. The first-order valence-corrected chi connectivity index (χ1v) is 7.74. The highest BCUT2D eigenvalue weighted by atomic mass is 35.5. The van der Waals surface area contributed by atoms with Gasteiger partial charge in [0.25, 0.3) is 0 Å². The number of hydrogen-bond donors (Lipinski definition) is 2. The zero-order chi connectivity index (χ0) is 19.6. The van der Waals surface area contributed by atoms with Gasteiger partial charge in [-0.15, -0.1) is 0 Å². The largest absolute Gasteiger partial charge is 0.284 e. The fourth-order valence-electron chi connectivity index (χ4n) is 2.30. The van der Waals surface area contributed by atoms with Crippen molar-refractivity contribution in [3.8, 4) is 0 Å². The molecular weight excluding hydrogens is 347 g/mol. The Morgan fingerprint density at radius 2 is 2.04 bits per heavy atom. The zero-order valence-corrected chi connectivity index (χ0v) is 13.8. The molecule has 0 radical (unpaired) electrons. The first-order valence-electron chi connectivity index (χ1n) is 8.49. The van der Waals surface area contributed by atoms with Crippen LogP contribution in [-0.4, -0.2) is 24.0 Å². The molecule has 0 saturated heterocycles. The highest BCUT2D eigenvalue weighted by molar-refractivity contribution is 6.36. The van der Waals surface area contributed by atoms with Crippen LogP contribution in [0.25, 0.3) is 0 Å². The van der Waals surface area contributed by atoms with Crippen LogP contribution in [0, 0.1) is 0 Å². The average Bonchev–Trinajstić information content (AvgIpc) is 2.78. The Labute approximate surface area is 153 Å². The number of halogens is 2. The van der Waals surface area contributed by atoms with Crippen molar-refractivity contribution in [3.63, 3.8) is 0 Å². The van der Waals surface area contributed by atoms with Crippen LogP contribution in [0.4, 0.5) is 5.69 Å². The van der Waals surface area contributed by atoms with Gasteiger partial charge < -0.3 is 0 Å². The van der Waals surface area contributed by atoms with Gasteiger partial charge in [0.05, 0.1) is 17.9 Å². The van der Waals surface area contributed by atoms with E-state index in [1.165, 1.54) is 0 Å². The molecule has 1 heterocycles. The van der Waals surface area contributed by atoms with Crippen LogP contribution in [-0.2, 0) is 4.79 Å². The average molecular weight is 364 g/mol. The second kappa shape index (κ2) is 7.03. The molecule has 0 unspecified atom stereocenters. The Morgan fingerprint density at radius 3 is 2.83 bits per heavy atom. The molecular formula is C17H14Cl2N4O. The molecule has 24 heavy (non-hydrogen) atoms. The molecule has 2 aromatic rings. The Hall–Kier alpha value is -2.37. The lowest BCUT2D eigenvalue weighted by atomic mass is 10.0. The van der Waals surface area contributed by atoms with Crippen LogP contribution in [0.5, 0.6) is 0 Å². The predicted molar refractivity (Wildman–Crippen MR) is 97.5 cm³/mol. The van der Waals surface area contributed by atoms with E-state index >= 15 is 0 Å². The molecule has 0 aliphatic carbocycles. The van der Waals surface area contributed by atoms with Crippen LogP contribution in [0.3, 0.4) is 0 Å². The summed E-state index contributed by atoms with van der Waals surface area (Å²) in [7, 11) is 0. The third kappa shape index (κ3) is 3.58. The lowest BCUT2D eigenvalue weighted by molar-refractivity contribution is -0.119. The molecule has 0 fully saturated rings. The molecule has 1 amide bonds. The lowest BCUT2D eigenvalue weighted by Gasteiger charge is -2.10. The Kier molecular flexibility index (Phi) is 3.80. The van der Waals surface area contributed by atoms with Crippen molar-refractivity contribution >= 4 is 46.3 Å². The van der Waals surface area contributed by atoms with Crippen LogP contribution in [0.15, 0.2) is 52.4 Å². The molecule has 3 rings (SSSR count). The maximum absolute atomic E-state index is 11.6. The van der Waals surface area contributed by atoms with E-state index in [9.17, 15) is 4.79 Å². The number of fused-ring (bicyclic) bond motifs is 1. The summed E-state index contributed by atoms with van der Waals surface area (Å²) in [6.45, 7) is -2.69. The number of nitrogens with zero attached hydrogens (tertiary/aromatic N) is 2. The molecule has 122 valence electrons. The molecule has 2 N–H and O–H groups in total. The molecule has 1 aliphatic heterocycles.